The molecule has 1 amide bonds. The van der Waals surface area contributed by atoms with Gasteiger partial charge in [-0.05, 0) is 57.0 Å². The van der Waals surface area contributed by atoms with Crippen molar-refractivity contribution < 1.29 is 14.7 Å². The highest BCUT2D eigenvalue weighted by molar-refractivity contribution is 5.84. The van der Waals surface area contributed by atoms with E-state index in [1.165, 1.54) is 0 Å². The molecule has 5 nitrogen and oxygen atoms in total. The standard InChI is InChI=1S/C15H26N2O3/c1-11-3-2-10-17(14(11)15(19)20)13(18)5-4-12-6-8-16-9-7-12/h11-12,14,16H,2-10H2,1H3,(H,19,20). The number of carboxylic acids is 1. The molecule has 0 aromatic rings. The number of likely N-dealkylation sites (tertiary alicyclic amines) is 1. The fraction of sp³-hybridized carbons (Fsp3) is 0.867. The maximum absolute atomic E-state index is 12.3. The van der Waals surface area contributed by atoms with Crippen LogP contribution in [0.4, 0.5) is 0 Å². The van der Waals surface area contributed by atoms with Gasteiger partial charge in [0.15, 0.2) is 0 Å². The molecule has 0 aromatic heterocycles. The fourth-order valence-electron chi connectivity index (χ4n) is 3.49. The van der Waals surface area contributed by atoms with Crippen molar-refractivity contribution in [3.8, 4) is 0 Å². The van der Waals surface area contributed by atoms with E-state index in [0.29, 0.717) is 18.9 Å². The van der Waals surface area contributed by atoms with Crippen LogP contribution in [-0.4, -0.2) is 47.6 Å². The van der Waals surface area contributed by atoms with Gasteiger partial charge < -0.3 is 15.3 Å². The van der Waals surface area contributed by atoms with Crippen molar-refractivity contribution in [2.45, 2.75) is 51.5 Å². The first kappa shape index (κ1) is 15.3. The third-order valence-electron chi connectivity index (χ3n) is 4.73. The van der Waals surface area contributed by atoms with Crippen molar-refractivity contribution >= 4 is 11.9 Å². The van der Waals surface area contributed by atoms with Gasteiger partial charge in [0, 0.05) is 13.0 Å². The summed E-state index contributed by atoms with van der Waals surface area (Å²) < 4.78 is 0. The SMILES string of the molecule is CC1CCCN(C(=O)CCC2CCNCC2)C1C(=O)O. The lowest BCUT2D eigenvalue weighted by molar-refractivity contribution is -0.154. The van der Waals surface area contributed by atoms with E-state index in [-0.39, 0.29) is 11.8 Å². The lowest BCUT2D eigenvalue weighted by Crippen LogP contribution is -2.52. The number of carboxylic acid groups (broad SMARTS) is 1. The second-order valence-corrected chi connectivity index (χ2v) is 6.22. The Morgan fingerprint density at radius 3 is 2.60 bits per heavy atom. The first-order valence-corrected chi connectivity index (χ1v) is 7.82. The Morgan fingerprint density at radius 2 is 1.95 bits per heavy atom. The lowest BCUT2D eigenvalue weighted by Gasteiger charge is -2.37. The molecule has 2 rings (SSSR count). The molecular weight excluding hydrogens is 256 g/mol. The number of nitrogens with zero attached hydrogens (tertiary/aromatic N) is 1. The molecule has 0 bridgehead atoms. The number of hydrogen-bond donors (Lipinski definition) is 2. The van der Waals surface area contributed by atoms with Crippen molar-refractivity contribution in [2.24, 2.45) is 11.8 Å². The Kier molecular flexibility index (Phi) is 5.40. The number of aliphatic carboxylic acids is 1. The van der Waals surface area contributed by atoms with E-state index in [9.17, 15) is 14.7 Å². The minimum Gasteiger partial charge on any atom is -0.480 e. The third-order valence-corrected chi connectivity index (χ3v) is 4.73. The van der Waals surface area contributed by atoms with Crippen LogP contribution in [0.25, 0.3) is 0 Å². The zero-order valence-electron chi connectivity index (χ0n) is 12.3. The van der Waals surface area contributed by atoms with Gasteiger partial charge in [-0.1, -0.05) is 6.92 Å². The van der Waals surface area contributed by atoms with Gasteiger partial charge in [-0.25, -0.2) is 4.79 Å². The van der Waals surface area contributed by atoms with Gasteiger partial charge in [0.25, 0.3) is 0 Å². The average Bonchev–Trinajstić information content (AvgIpc) is 2.45. The molecule has 2 aliphatic rings. The summed E-state index contributed by atoms with van der Waals surface area (Å²) in [5.74, 6) is -0.148. The molecular formula is C15H26N2O3. The molecule has 2 fully saturated rings. The van der Waals surface area contributed by atoms with Gasteiger partial charge in [0.2, 0.25) is 5.91 Å². The molecule has 114 valence electrons. The number of amides is 1. The summed E-state index contributed by atoms with van der Waals surface area (Å²) in [7, 11) is 0. The van der Waals surface area contributed by atoms with Gasteiger partial charge in [0.1, 0.15) is 6.04 Å². The topological polar surface area (TPSA) is 69.6 Å². The van der Waals surface area contributed by atoms with Gasteiger partial charge in [0.05, 0.1) is 0 Å². The van der Waals surface area contributed by atoms with E-state index >= 15 is 0 Å². The Labute approximate surface area is 120 Å². The number of piperidine rings is 2. The van der Waals surface area contributed by atoms with Gasteiger partial charge in [-0.15, -0.1) is 0 Å². The molecule has 2 aliphatic heterocycles. The molecule has 2 saturated heterocycles. The zero-order chi connectivity index (χ0) is 14.5. The van der Waals surface area contributed by atoms with Crippen LogP contribution >= 0.6 is 0 Å². The molecule has 0 spiro atoms. The number of hydrogen-bond acceptors (Lipinski definition) is 3. The monoisotopic (exact) mass is 282 g/mol. The number of nitrogens with one attached hydrogen (secondary N) is 1. The van der Waals surface area contributed by atoms with Crippen LogP contribution < -0.4 is 5.32 Å². The van der Waals surface area contributed by atoms with Crippen molar-refractivity contribution in [3.05, 3.63) is 0 Å². The molecule has 0 aromatic carbocycles. The van der Waals surface area contributed by atoms with Crippen LogP contribution in [0.1, 0.15) is 45.4 Å². The normalized spacial score (nSPS) is 28.4. The van der Waals surface area contributed by atoms with Crippen LogP contribution in [0.15, 0.2) is 0 Å². The summed E-state index contributed by atoms with van der Waals surface area (Å²) >= 11 is 0. The first-order chi connectivity index (χ1) is 9.59. The van der Waals surface area contributed by atoms with E-state index in [1.54, 1.807) is 4.90 Å². The molecule has 2 heterocycles. The maximum Gasteiger partial charge on any atom is 0.326 e. The molecule has 0 saturated carbocycles. The Hall–Kier alpha value is -1.10. The highest BCUT2D eigenvalue weighted by Crippen LogP contribution is 2.25. The van der Waals surface area contributed by atoms with E-state index in [1.807, 2.05) is 6.92 Å². The van der Waals surface area contributed by atoms with Crippen LogP contribution in [0.3, 0.4) is 0 Å². The van der Waals surface area contributed by atoms with Gasteiger partial charge in [-0.2, -0.15) is 0 Å². The summed E-state index contributed by atoms with van der Waals surface area (Å²) in [5, 5.41) is 12.7. The fourth-order valence-corrected chi connectivity index (χ4v) is 3.49. The Balaban J connectivity index is 1.87. The highest BCUT2D eigenvalue weighted by Gasteiger charge is 2.36. The van der Waals surface area contributed by atoms with Gasteiger partial charge in [-0.3, -0.25) is 4.79 Å². The summed E-state index contributed by atoms with van der Waals surface area (Å²) in [6, 6.07) is -0.621. The van der Waals surface area contributed by atoms with Crippen LogP contribution in [-0.2, 0) is 9.59 Å². The number of rotatable bonds is 4. The lowest BCUT2D eigenvalue weighted by atomic mass is 9.89. The molecule has 0 aliphatic carbocycles. The molecule has 20 heavy (non-hydrogen) atoms. The van der Waals surface area contributed by atoms with Crippen LogP contribution in [0.5, 0.6) is 0 Å². The summed E-state index contributed by atoms with van der Waals surface area (Å²) in [4.78, 5) is 25.3. The van der Waals surface area contributed by atoms with Crippen molar-refractivity contribution in [1.29, 1.82) is 0 Å². The van der Waals surface area contributed by atoms with Crippen molar-refractivity contribution in [3.63, 3.8) is 0 Å². The molecule has 2 atom stereocenters. The quantitative estimate of drug-likeness (QED) is 0.819. The predicted molar refractivity (Wildman–Crippen MR) is 76.4 cm³/mol. The van der Waals surface area contributed by atoms with Gasteiger partial charge >= 0.3 is 5.97 Å². The smallest absolute Gasteiger partial charge is 0.326 e. The largest absolute Gasteiger partial charge is 0.480 e. The second-order valence-electron chi connectivity index (χ2n) is 6.22. The van der Waals surface area contributed by atoms with Crippen molar-refractivity contribution in [2.75, 3.05) is 19.6 Å². The summed E-state index contributed by atoms with van der Waals surface area (Å²) in [6.45, 7) is 4.62. The second kappa shape index (κ2) is 7.07. The Morgan fingerprint density at radius 1 is 1.25 bits per heavy atom. The minimum absolute atomic E-state index is 0.0301. The Bertz CT molecular complexity index is 353. The highest BCUT2D eigenvalue weighted by atomic mass is 16.4. The molecule has 0 radical (unpaired) electrons. The minimum atomic E-state index is -0.854. The van der Waals surface area contributed by atoms with Crippen LogP contribution in [0.2, 0.25) is 0 Å². The number of carbonyl (C=O) groups excluding carboxylic acids is 1. The summed E-state index contributed by atoms with van der Waals surface area (Å²) in [6.07, 6.45) is 5.48. The van der Waals surface area contributed by atoms with E-state index in [0.717, 1.165) is 45.2 Å². The molecule has 2 N–H and O–H groups in total. The predicted octanol–water partition coefficient (Wildman–Crippen LogP) is 1.48. The van der Waals surface area contributed by atoms with Crippen molar-refractivity contribution in [1.82, 2.24) is 10.2 Å². The van der Waals surface area contributed by atoms with E-state index < -0.39 is 12.0 Å². The molecule has 5 heteroatoms. The number of carbonyl (C=O) groups is 2. The maximum atomic E-state index is 12.3. The van der Waals surface area contributed by atoms with E-state index in [4.69, 9.17) is 0 Å². The first-order valence-electron chi connectivity index (χ1n) is 7.82. The molecule has 2 unspecified atom stereocenters. The zero-order valence-corrected chi connectivity index (χ0v) is 12.3. The average molecular weight is 282 g/mol. The summed E-state index contributed by atoms with van der Waals surface area (Å²) in [5.41, 5.74) is 0. The van der Waals surface area contributed by atoms with Crippen LogP contribution in [0, 0.1) is 11.8 Å². The van der Waals surface area contributed by atoms with E-state index in [2.05, 4.69) is 5.32 Å². The third kappa shape index (κ3) is 3.72.